The van der Waals surface area contributed by atoms with Gasteiger partial charge < -0.3 is 9.80 Å². The van der Waals surface area contributed by atoms with Crippen LogP contribution in [-0.2, 0) is 0 Å². The molecular weight excluding hydrogens is 333 g/mol. The van der Waals surface area contributed by atoms with E-state index < -0.39 is 5.82 Å². The van der Waals surface area contributed by atoms with Gasteiger partial charge in [0.25, 0.3) is 5.56 Å². The summed E-state index contributed by atoms with van der Waals surface area (Å²) in [4.78, 5) is 23.6. The molecule has 0 spiro atoms. The zero-order valence-corrected chi connectivity index (χ0v) is 13.9. The summed E-state index contributed by atoms with van der Waals surface area (Å²) in [6.07, 6.45) is 0. The van der Waals surface area contributed by atoms with Crippen LogP contribution in [0.2, 0.25) is 0 Å². The quantitative estimate of drug-likeness (QED) is 0.768. The second-order valence-electron chi connectivity index (χ2n) is 6.13. The largest absolute Gasteiger partial charge is 0.367 e. The molecule has 0 radical (unpaired) electrons. The molecule has 0 bridgehead atoms. The molecule has 4 rings (SSSR count). The van der Waals surface area contributed by atoms with Crippen LogP contribution >= 0.6 is 0 Å². The van der Waals surface area contributed by atoms with Gasteiger partial charge in [-0.15, -0.1) is 0 Å². The van der Waals surface area contributed by atoms with Crippen LogP contribution < -0.4 is 15.4 Å². The lowest BCUT2D eigenvalue weighted by Crippen LogP contribution is -2.47. The predicted molar refractivity (Wildman–Crippen MR) is 97.9 cm³/mol. The summed E-state index contributed by atoms with van der Waals surface area (Å²) in [5.74, 6) is 0.0288. The van der Waals surface area contributed by atoms with Crippen LogP contribution in [0.5, 0.6) is 0 Å². The minimum atomic E-state index is -0.507. The monoisotopic (exact) mass is 349 g/mol. The van der Waals surface area contributed by atoms with E-state index in [4.69, 9.17) is 0 Å². The molecule has 1 aliphatic heterocycles. The number of H-pyrrole nitrogens is 1. The van der Waals surface area contributed by atoms with E-state index in [2.05, 4.69) is 9.97 Å². The number of fused-ring (bicyclic) bond motifs is 1. The van der Waals surface area contributed by atoms with Gasteiger partial charge in [-0.1, -0.05) is 18.2 Å². The SMILES string of the molecule is N#Cc1c(F)cccc1N1CCN(c2nc3ccccc3c(=O)[nH]2)CC1. The van der Waals surface area contributed by atoms with Crippen LogP contribution in [0.1, 0.15) is 5.56 Å². The number of nitriles is 1. The standard InChI is InChI=1S/C19H16FN5O/c20-15-5-3-7-17(14(15)12-21)24-8-10-25(11-9-24)19-22-16-6-2-1-4-13(16)18(26)23-19/h1-7H,8-11H2,(H,22,23,26). The molecule has 1 N–H and O–H groups in total. The maximum atomic E-state index is 13.8. The van der Waals surface area contributed by atoms with Gasteiger partial charge in [0, 0.05) is 26.2 Å². The van der Waals surface area contributed by atoms with E-state index >= 15 is 0 Å². The van der Waals surface area contributed by atoms with Crippen molar-refractivity contribution in [2.24, 2.45) is 0 Å². The summed E-state index contributed by atoms with van der Waals surface area (Å²) >= 11 is 0. The smallest absolute Gasteiger partial charge is 0.260 e. The highest BCUT2D eigenvalue weighted by Crippen LogP contribution is 2.24. The topological polar surface area (TPSA) is 76.0 Å². The summed E-state index contributed by atoms with van der Waals surface area (Å²) in [6.45, 7) is 2.44. The third-order valence-electron chi connectivity index (χ3n) is 4.62. The van der Waals surface area contributed by atoms with Crippen molar-refractivity contribution < 1.29 is 4.39 Å². The zero-order chi connectivity index (χ0) is 18.1. The Bertz CT molecular complexity index is 1060. The Kier molecular flexibility index (Phi) is 4.01. The Labute approximate surface area is 149 Å². The first-order valence-electron chi connectivity index (χ1n) is 8.35. The molecule has 130 valence electrons. The number of anilines is 2. The predicted octanol–water partition coefficient (Wildman–Crippen LogP) is 2.26. The molecule has 0 atom stereocenters. The Morgan fingerprint density at radius 1 is 1.04 bits per heavy atom. The van der Waals surface area contributed by atoms with Crippen molar-refractivity contribution in [1.82, 2.24) is 9.97 Å². The van der Waals surface area contributed by atoms with Gasteiger partial charge in [0.2, 0.25) is 5.95 Å². The molecule has 0 aliphatic carbocycles. The number of para-hydroxylation sites is 1. The van der Waals surface area contributed by atoms with E-state index in [1.54, 1.807) is 18.2 Å². The molecule has 0 amide bonds. The highest BCUT2D eigenvalue weighted by Gasteiger charge is 2.22. The van der Waals surface area contributed by atoms with Crippen LogP contribution in [0.4, 0.5) is 16.0 Å². The van der Waals surface area contributed by atoms with Crippen molar-refractivity contribution in [2.75, 3.05) is 36.0 Å². The fourth-order valence-electron chi connectivity index (χ4n) is 3.27. The fraction of sp³-hybridized carbons (Fsp3) is 0.211. The third-order valence-corrected chi connectivity index (χ3v) is 4.62. The van der Waals surface area contributed by atoms with Crippen molar-refractivity contribution in [1.29, 1.82) is 5.26 Å². The number of halogens is 1. The van der Waals surface area contributed by atoms with E-state index in [9.17, 15) is 14.4 Å². The van der Waals surface area contributed by atoms with Gasteiger partial charge in [-0.05, 0) is 24.3 Å². The van der Waals surface area contributed by atoms with Crippen LogP contribution in [0.3, 0.4) is 0 Å². The number of aromatic nitrogens is 2. The Morgan fingerprint density at radius 3 is 2.54 bits per heavy atom. The number of piperazine rings is 1. The van der Waals surface area contributed by atoms with Crippen molar-refractivity contribution in [2.45, 2.75) is 0 Å². The van der Waals surface area contributed by atoms with Gasteiger partial charge in [-0.25, -0.2) is 9.37 Å². The first-order chi connectivity index (χ1) is 12.7. The summed E-state index contributed by atoms with van der Waals surface area (Å²) < 4.78 is 13.8. The fourth-order valence-corrected chi connectivity index (χ4v) is 3.27. The van der Waals surface area contributed by atoms with E-state index in [0.717, 1.165) is 0 Å². The average Bonchev–Trinajstić information content (AvgIpc) is 2.68. The maximum absolute atomic E-state index is 13.8. The Hall–Kier alpha value is -3.40. The van der Waals surface area contributed by atoms with Crippen LogP contribution in [0.15, 0.2) is 47.3 Å². The normalized spacial score (nSPS) is 14.5. The maximum Gasteiger partial charge on any atom is 0.260 e. The lowest BCUT2D eigenvalue weighted by Gasteiger charge is -2.36. The molecule has 2 heterocycles. The van der Waals surface area contributed by atoms with Crippen molar-refractivity contribution in [3.63, 3.8) is 0 Å². The summed E-state index contributed by atoms with van der Waals surface area (Å²) in [5, 5.41) is 9.78. The van der Waals surface area contributed by atoms with Crippen molar-refractivity contribution in [3.8, 4) is 6.07 Å². The van der Waals surface area contributed by atoms with Gasteiger partial charge in [0.1, 0.15) is 17.4 Å². The highest BCUT2D eigenvalue weighted by molar-refractivity contribution is 5.78. The van der Waals surface area contributed by atoms with E-state index in [0.29, 0.717) is 48.7 Å². The molecule has 2 aromatic carbocycles. The molecule has 1 fully saturated rings. The molecule has 3 aromatic rings. The number of hydrogen-bond acceptors (Lipinski definition) is 5. The molecule has 1 aliphatic rings. The van der Waals surface area contributed by atoms with Gasteiger partial charge in [-0.3, -0.25) is 9.78 Å². The molecule has 7 heteroatoms. The van der Waals surface area contributed by atoms with E-state index in [1.165, 1.54) is 6.07 Å². The molecule has 1 saturated heterocycles. The number of aromatic amines is 1. The van der Waals surface area contributed by atoms with Gasteiger partial charge >= 0.3 is 0 Å². The van der Waals surface area contributed by atoms with Crippen LogP contribution in [-0.4, -0.2) is 36.1 Å². The molecular formula is C19H16FN5O. The summed E-state index contributed by atoms with van der Waals surface area (Å²) in [5.41, 5.74) is 1.17. The minimum Gasteiger partial charge on any atom is -0.367 e. The third kappa shape index (κ3) is 2.75. The average molecular weight is 349 g/mol. The lowest BCUT2D eigenvalue weighted by molar-refractivity contribution is 0.614. The number of hydrogen-bond donors (Lipinski definition) is 1. The molecule has 0 unspecified atom stereocenters. The van der Waals surface area contributed by atoms with E-state index in [-0.39, 0.29) is 11.1 Å². The molecule has 26 heavy (non-hydrogen) atoms. The van der Waals surface area contributed by atoms with Gasteiger partial charge in [0.15, 0.2) is 0 Å². The first-order valence-corrected chi connectivity index (χ1v) is 8.35. The number of benzene rings is 2. The van der Waals surface area contributed by atoms with Crippen LogP contribution in [0, 0.1) is 17.1 Å². The van der Waals surface area contributed by atoms with Gasteiger partial charge in [-0.2, -0.15) is 5.26 Å². The number of nitrogens with zero attached hydrogens (tertiary/aromatic N) is 4. The first kappa shape index (κ1) is 16.1. The molecule has 6 nitrogen and oxygen atoms in total. The zero-order valence-electron chi connectivity index (χ0n) is 13.9. The summed E-state index contributed by atoms with van der Waals surface area (Å²) in [7, 11) is 0. The molecule has 1 aromatic heterocycles. The molecule has 0 saturated carbocycles. The lowest BCUT2D eigenvalue weighted by atomic mass is 10.1. The Balaban J connectivity index is 1.57. The number of nitrogens with one attached hydrogen (secondary N) is 1. The minimum absolute atomic E-state index is 0.0678. The van der Waals surface area contributed by atoms with Gasteiger partial charge in [0.05, 0.1) is 16.6 Å². The number of rotatable bonds is 2. The highest BCUT2D eigenvalue weighted by atomic mass is 19.1. The summed E-state index contributed by atoms with van der Waals surface area (Å²) in [6, 6.07) is 13.8. The van der Waals surface area contributed by atoms with E-state index in [1.807, 2.05) is 34.1 Å². The Morgan fingerprint density at radius 2 is 1.77 bits per heavy atom. The van der Waals surface area contributed by atoms with Crippen molar-refractivity contribution in [3.05, 3.63) is 64.2 Å². The second kappa shape index (κ2) is 6.48. The van der Waals surface area contributed by atoms with Crippen LogP contribution in [0.25, 0.3) is 10.9 Å². The second-order valence-corrected chi connectivity index (χ2v) is 6.13. The van der Waals surface area contributed by atoms with Crippen molar-refractivity contribution >= 4 is 22.5 Å².